The van der Waals surface area contributed by atoms with Gasteiger partial charge in [0.1, 0.15) is 0 Å². The van der Waals surface area contributed by atoms with Gasteiger partial charge in [0.25, 0.3) is 0 Å². The topological polar surface area (TPSA) is 67.6 Å². The van der Waals surface area contributed by atoms with Crippen LogP contribution < -0.4 is 11.1 Å². The first-order chi connectivity index (χ1) is 8.22. The Labute approximate surface area is 104 Å². The molecule has 1 heterocycles. The molecular formula is C12H25N3O2. The minimum atomic E-state index is 0.115. The second kappa shape index (κ2) is 8.44. The number of ether oxygens (including phenoxy) is 1. The van der Waals surface area contributed by atoms with E-state index in [1.165, 1.54) is 0 Å². The van der Waals surface area contributed by atoms with E-state index >= 15 is 0 Å². The maximum atomic E-state index is 11.4. The molecule has 1 aliphatic rings. The third kappa shape index (κ3) is 6.61. The molecule has 0 bridgehead atoms. The summed E-state index contributed by atoms with van der Waals surface area (Å²) in [5, 5.41) is 2.95. The van der Waals surface area contributed by atoms with Crippen LogP contribution in [0.5, 0.6) is 0 Å². The zero-order valence-corrected chi connectivity index (χ0v) is 10.8. The van der Waals surface area contributed by atoms with Crippen molar-refractivity contribution in [1.29, 1.82) is 0 Å². The molecule has 0 aromatic rings. The molecule has 1 atom stereocenters. The average molecular weight is 243 g/mol. The first-order valence-corrected chi connectivity index (χ1v) is 6.49. The quantitative estimate of drug-likeness (QED) is 0.650. The highest BCUT2D eigenvalue weighted by atomic mass is 16.5. The zero-order valence-electron chi connectivity index (χ0n) is 10.8. The smallest absolute Gasteiger partial charge is 0.220 e. The van der Waals surface area contributed by atoms with E-state index < -0.39 is 0 Å². The number of morpholine rings is 1. The van der Waals surface area contributed by atoms with Gasteiger partial charge in [0, 0.05) is 32.6 Å². The summed E-state index contributed by atoms with van der Waals surface area (Å²) in [4.78, 5) is 13.8. The van der Waals surface area contributed by atoms with E-state index in [2.05, 4.69) is 17.1 Å². The molecule has 1 unspecified atom stereocenters. The van der Waals surface area contributed by atoms with E-state index in [1.807, 2.05) is 0 Å². The highest BCUT2D eigenvalue weighted by Crippen LogP contribution is 2.02. The summed E-state index contributed by atoms with van der Waals surface area (Å²) in [7, 11) is 0. The highest BCUT2D eigenvalue weighted by Gasteiger charge is 2.14. The van der Waals surface area contributed by atoms with Gasteiger partial charge in [-0.25, -0.2) is 0 Å². The molecular weight excluding hydrogens is 218 g/mol. The van der Waals surface area contributed by atoms with Gasteiger partial charge in [-0.15, -0.1) is 0 Å². The Hall–Kier alpha value is -0.650. The SMILES string of the molecule is CC(CNC(=O)CCCN)CN1CCOCC1. The maximum Gasteiger partial charge on any atom is 0.220 e. The van der Waals surface area contributed by atoms with Crippen LogP contribution in [0.25, 0.3) is 0 Å². The molecule has 3 N–H and O–H groups in total. The second-order valence-electron chi connectivity index (χ2n) is 4.71. The molecule has 17 heavy (non-hydrogen) atoms. The van der Waals surface area contributed by atoms with E-state index in [4.69, 9.17) is 10.5 Å². The van der Waals surface area contributed by atoms with Crippen LogP contribution >= 0.6 is 0 Å². The maximum absolute atomic E-state index is 11.4. The number of nitrogens with two attached hydrogens (primary N) is 1. The van der Waals surface area contributed by atoms with Crippen molar-refractivity contribution in [3.05, 3.63) is 0 Å². The fourth-order valence-corrected chi connectivity index (χ4v) is 1.93. The van der Waals surface area contributed by atoms with E-state index in [0.29, 0.717) is 18.9 Å². The Bertz CT molecular complexity index is 218. The minimum Gasteiger partial charge on any atom is -0.379 e. The second-order valence-corrected chi connectivity index (χ2v) is 4.71. The first-order valence-electron chi connectivity index (χ1n) is 6.49. The van der Waals surface area contributed by atoms with Crippen LogP contribution in [0.15, 0.2) is 0 Å². The van der Waals surface area contributed by atoms with Crippen molar-refractivity contribution in [2.75, 3.05) is 45.9 Å². The molecule has 5 nitrogen and oxygen atoms in total. The van der Waals surface area contributed by atoms with Gasteiger partial charge in [-0.05, 0) is 18.9 Å². The molecule has 1 fully saturated rings. The van der Waals surface area contributed by atoms with Crippen molar-refractivity contribution < 1.29 is 9.53 Å². The van der Waals surface area contributed by atoms with Gasteiger partial charge < -0.3 is 15.8 Å². The van der Waals surface area contributed by atoms with Crippen molar-refractivity contribution in [3.8, 4) is 0 Å². The summed E-state index contributed by atoms with van der Waals surface area (Å²) in [6.07, 6.45) is 1.31. The zero-order chi connectivity index (χ0) is 12.5. The molecule has 1 amide bonds. The Morgan fingerprint density at radius 1 is 1.47 bits per heavy atom. The minimum absolute atomic E-state index is 0.115. The molecule has 1 rings (SSSR count). The monoisotopic (exact) mass is 243 g/mol. The number of nitrogens with one attached hydrogen (secondary N) is 1. The molecule has 1 aliphatic heterocycles. The van der Waals surface area contributed by atoms with Gasteiger partial charge >= 0.3 is 0 Å². The number of hydrogen-bond donors (Lipinski definition) is 2. The average Bonchev–Trinajstić information content (AvgIpc) is 2.35. The lowest BCUT2D eigenvalue weighted by molar-refractivity contribution is -0.121. The fourth-order valence-electron chi connectivity index (χ4n) is 1.93. The van der Waals surface area contributed by atoms with Crippen LogP contribution in [-0.2, 0) is 9.53 Å². The van der Waals surface area contributed by atoms with E-state index in [1.54, 1.807) is 0 Å². The lowest BCUT2D eigenvalue weighted by Crippen LogP contribution is -2.41. The van der Waals surface area contributed by atoms with Crippen molar-refractivity contribution in [2.45, 2.75) is 19.8 Å². The van der Waals surface area contributed by atoms with Crippen LogP contribution in [0, 0.1) is 5.92 Å². The third-order valence-corrected chi connectivity index (χ3v) is 2.93. The molecule has 0 aliphatic carbocycles. The first kappa shape index (κ1) is 14.4. The molecule has 5 heteroatoms. The van der Waals surface area contributed by atoms with Crippen molar-refractivity contribution in [3.63, 3.8) is 0 Å². The lowest BCUT2D eigenvalue weighted by atomic mass is 10.1. The van der Waals surface area contributed by atoms with Gasteiger partial charge in [-0.3, -0.25) is 9.69 Å². The predicted octanol–water partition coefficient (Wildman–Crippen LogP) is -0.190. The summed E-state index contributed by atoms with van der Waals surface area (Å²) in [5.74, 6) is 0.596. The summed E-state index contributed by atoms with van der Waals surface area (Å²) < 4.78 is 5.30. The highest BCUT2D eigenvalue weighted by molar-refractivity contribution is 5.75. The van der Waals surface area contributed by atoms with Crippen LogP contribution in [0.1, 0.15) is 19.8 Å². The number of rotatable bonds is 7. The van der Waals surface area contributed by atoms with Gasteiger partial charge in [0.05, 0.1) is 13.2 Å². The van der Waals surface area contributed by atoms with Crippen molar-refractivity contribution in [1.82, 2.24) is 10.2 Å². The predicted molar refractivity (Wildman–Crippen MR) is 67.7 cm³/mol. The van der Waals surface area contributed by atoms with Gasteiger partial charge in [-0.1, -0.05) is 6.92 Å². The largest absolute Gasteiger partial charge is 0.379 e. The van der Waals surface area contributed by atoms with Gasteiger partial charge in [0.2, 0.25) is 5.91 Å². The Kier molecular flexibility index (Phi) is 7.16. The number of nitrogens with zero attached hydrogens (tertiary/aromatic N) is 1. The van der Waals surface area contributed by atoms with Crippen LogP contribution in [0.2, 0.25) is 0 Å². The number of amides is 1. The fraction of sp³-hybridized carbons (Fsp3) is 0.917. The summed E-state index contributed by atoms with van der Waals surface area (Å²) in [6.45, 7) is 8.19. The number of carbonyl (C=O) groups is 1. The Morgan fingerprint density at radius 2 is 2.18 bits per heavy atom. The van der Waals surface area contributed by atoms with Crippen LogP contribution in [0.3, 0.4) is 0 Å². The molecule has 0 aromatic carbocycles. The van der Waals surface area contributed by atoms with Crippen molar-refractivity contribution >= 4 is 5.91 Å². The Balaban J connectivity index is 2.07. The lowest BCUT2D eigenvalue weighted by Gasteiger charge is -2.29. The van der Waals surface area contributed by atoms with Crippen LogP contribution in [0.4, 0.5) is 0 Å². The van der Waals surface area contributed by atoms with E-state index in [0.717, 1.165) is 45.8 Å². The Morgan fingerprint density at radius 3 is 2.82 bits per heavy atom. The molecule has 0 radical (unpaired) electrons. The molecule has 1 saturated heterocycles. The van der Waals surface area contributed by atoms with Crippen molar-refractivity contribution in [2.24, 2.45) is 11.7 Å². The van der Waals surface area contributed by atoms with Gasteiger partial charge in [-0.2, -0.15) is 0 Å². The van der Waals surface area contributed by atoms with E-state index in [-0.39, 0.29) is 5.91 Å². The summed E-state index contributed by atoms with van der Waals surface area (Å²) >= 11 is 0. The van der Waals surface area contributed by atoms with Gasteiger partial charge in [0.15, 0.2) is 0 Å². The summed E-state index contributed by atoms with van der Waals surface area (Å²) in [5.41, 5.74) is 5.36. The number of hydrogen-bond acceptors (Lipinski definition) is 4. The molecule has 100 valence electrons. The molecule has 0 spiro atoms. The molecule has 0 aromatic heterocycles. The normalized spacial score (nSPS) is 18.9. The van der Waals surface area contributed by atoms with E-state index in [9.17, 15) is 4.79 Å². The number of carbonyl (C=O) groups excluding carboxylic acids is 1. The third-order valence-electron chi connectivity index (χ3n) is 2.93. The standard InChI is InChI=1S/C12H25N3O2/c1-11(9-14-12(16)3-2-4-13)10-15-5-7-17-8-6-15/h11H,2-10,13H2,1H3,(H,14,16). The van der Waals surface area contributed by atoms with Crippen LogP contribution in [-0.4, -0.2) is 56.7 Å². The molecule has 0 saturated carbocycles. The summed E-state index contributed by atoms with van der Waals surface area (Å²) in [6, 6.07) is 0.